The van der Waals surface area contributed by atoms with Gasteiger partial charge in [0.1, 0.15) is 5.75 Å². The van der Waals surface area contributed by atoms with Gasteiger partial charge in [0.25, 0.3) is 0 Å². The summed E-state index contributed by atoms with van der Waals surface area (Å²) >= 11 is 6.44. The largest absolute Gasteiger partial charge is 0.496 e. The highest BCUT2D eigenvalue weighted by Crippen LogP contribution is 2.46. The van der Waals surface area contributed by atoms with Crippen molar-refractivity contribution in [1.82, 2.24) is 0 Å². The summed E-state index contributed by atoms with van der Waals surface area (Å²) in [7, 11) is 1.75. The van der Waals surface area contributed by atoms with Crippen molar-refractivity contribution in [3.05, 3.63) is 51.6 Å². The van der Waals surface area contributed by atoms with Crippen LogP contribution in [-0.4, -0.2) is 7.11 Å². The number of rotatable bonds is 3. The maximum absolute atomic E-state index is 6.44. The molecule has 0 saturated carbocycles. The molecule has 0 spiro atoms. The number of halogens is 1. The van der Waals surface area contributed by atoms with E-state index in [4.69, 9.17) is 16.3 Å². The van der Waals surface area contributed by atoms with Crippen molar-refractivity contribution >= 4 is 11.6 Å². The van der Waals surface area contributed by atoms with E-state index in [1.165, 1.54) is 16.7 Å². The molecule has 0 radical (unpaired) electrons. The second-order valence-corrected chi connectivity index (χ2v) is 8.23. The maximum atomic E-state index is 6.44. The molecule has 1 nitrogen and oxygen atoms in total. The van der Waals surface area contributed by atoms with Gasteiger partial charge in [0.2, 0.25) is 0 Å². The van der Waals surface area contributed by atoms with Crippen molar-refractivity contribution in [2.45, 2.75) is 58.8 Å². The zero-order valence-corrected chi connectivity index (χ0v) is 15.6. The Kier molecular flexibility index (Phi) is 4.50. The van der Waals surface area contributed by atoms with Gasteiger partial charge < -0.3 is 4.74 Å². The van der Waals surface area contributed by atoms with E-state index in [1.54, 1.807) is 7.11 Å². The molecule has 1 aromatic rings. The first-order valence-electron chi connectivity index (χ1n) is 7.82. The summed E-state index contributed by atoms with van der Waals surface area (Å²) in [5, 5.41) is 0.775. The van der Waals surface area contributed by atoms with Gasteiger partial charge in [-0.05, 0) is 30.9 Å². The Bertz CT molecular complexity index is 642. The van der Waals surface area contributed by atoms with E-state index in [1.807, 2.05) is 6.07 Å². The van der Waals surface area contributed by atoms with Crippen LogP contribution >= 0.6 is 11.6 Å². The quantitative estimate of drug-likeness (QED) is 0.644. The topological polar surface area (TPSA) is 9.23 Å². The van der Waals surface area contributed by atoms with E-state index >= 15 is 0 Å². The maximum Gasteiger partial charge on any atom is 0.126 e. The first-order chi connectivity index (χ1) is 10.1. The Labute approximate surface area is 140 Å². The monoisotopic (exact) mass is 318 g/mol. The van der Waals surface area contributed by atoms with Gasteiger partial charge >= 0.3 is 0 Å². The fourth-order valence-corrected chi connectivity index (χ4v) is 3.32. The Balaban J connectivity index is 2.62. The van der Waals surface area contributed by atoms with E-state index in [0.29, 0.717) is 0 Å². The van der Waals surface area contributed by atoms with Crippen LogP contribution in [0.3, 0.4) is 0 Å². The van der Waals surface area contributed by atoms with Gasteiger partial charge in [0, 0.05) is 21.6 Å². The van der Waals surface area contributed by atoms with Gasteiger partial charge in [-0.1, -0.05) is 69.5 Å². The summed E-state index contributed by atoms with van der Waals surface area (Å²) < 4.78 is 5.83. The summed E-state index contributed by atoms with van der Waals surface area (Å²) in [4.78, 5) is 0. The highest BCUT2D eigenvalue weighted by atomic mass is 35.5. The SMILES string of the molecule is COc1c(C(C)(C)C)cc(Cl)cc1C(C)(C)C1=CC=C(C)C1. The van der Waals surface area contributed by atoms with Gasteiger partial charge in [-0.3, -0.25) is 0 Å². The van der Waals surface area contributed by atoms with Gasteiger partial charge in [0.05, 0.1) is 7.11 Å². The summed E-state index contributed by atoms with van der Waals surface area (Å²) in [6, 6.07) is 4.09. The van der Waals surface area contributed by atoms with Crippen molar-refractivity contribution < 1.29 is 4.74 Å². The second kappa shape index (κ2) is 5.77. The van der Waals surface area contributed by atoms with Crippen LogP contribution in [0.5, 0.6) is 5.75 Å². The second-order valence-electron chi connectivity index (χ2n) is 7.79. The zero-order chi connectivity index (χ0) is 16.7. The molecule has 0 N–H and O–H groups in total. The summed E-state index contributed by atoms with van der Waals surface area (Å²) in [6.07, 6.45) is 5.47. The average Bonchev–Trinajstić information content (AvgIpc) is 2.84. The number of methoxy groups -OCH3 is 1. The third kappa shape index (κ3) is 3.10. The summed E-state index contributed by atoms with van der Waals surface area (Å²) in [5.41, 5.74) is 5.02. The Morgan fingerprint density at radius 3 is 2.05 bits per heavy atom. The molecule has 0 saturated heterocycles. The van der Waals surface area contributed by atoms with Gasteiger partial charge in [-0.25, -0.2) is 0 Å². The van der Waals surface area contributed by atoms with Crippen LogP contribution in [0.4, 0.5) is 0 Å². The van der Waals surface area contributed by atoms with Crippen LogP contribution in [0, 0.1) is 0 Å². The molecule has 120 valence electrons. The third-order valence-corrected chi connectivity index (χ3v) is 4.80. The number of benzene rings is 1. The van der Waals surface area contributed by atoms with Crippen molar-refractivity contribution in [3.63, 3.8) is 0 Å². The van der Waals surface area contributed by atoms with Crippen molar-refractivity contribution in [2.75, 3.05) is 7.11 Å². The number of allylic oxidation sites excluding steroid dienone is 4. The van der Waals surface area contributed by atoms with E-state index in [9.17, 15) is 0 Å². The lowest BCUT2D eigenvalue weighted by Crippen LogP contribution is -2.23. The van der Waals surface area contributed by atoms with E-state index < -0.39 is 0 Å². The first-order valence-corrected chi connectivity index (χ1v) is 8.20. The lowest BCUT2D eigenvalue weighted by Gasteiger charge is -2.33. The Morgan fingerprint density at radius 2 is 1.59 bits per heavy atom. The number of ether oxygens (including phenoxy) is 1. The van der Waals surface area contributed by atoms with Gasteiger partial charge in [-0.2, -0.15) is 0 Å². The van der Waals surface area contributed by atoms with Crippen molar-refractivity contribution in [2.24, 2.45) is 0 Å². The van der Waals surface area contributed by atoms with Crippen LogP contribution in [0.2, 0.25) is 5.02 Å². The minimum Gasteiger partial charge on any atom is -0.496 e. The molecule has 0 bridgehead atoms. The third-order valence-electron chi connectivity index (χ3n) is 4.58. The molecule has 22 heavy (non-hydrogen) atoms. The molecule has 1 aromatic carbocycles. The molecule has 0 heterocycles. The van der Waals surface area contributed by atoms with Crippen LogP contribution in [0.25, 0.3) is 0 Å². The lowest BCUT2D eigenvalue weighted by molar-refractivity contribution is 0.383. The highest BCUT2D eigenvalue weighted by Gasteiger charge is 2.33. The molecule has 2 rings (SSSR count). The lowest BCUT2D eigenvalue weighted by atomic mass is 9.73. The predicted octanol–water partition coefficient (Wildman–Crippen LogP) is 6.20. The summed E-state index contributed by atoms with van der Waals surface area (Å²) in [6.45, 7) is 13.3. The molecule has 0 amide bonds. The minimum absolute atomic E-state index is 0.0146. The van der Waals surface area contributed by atoms with Gasteiger partial charge in [-0.15, -0.1) is 0 Å². The molecular weight excluding hydrogens is 292 g/mol. The first kappa shape index (κ1) is 17.1. The molecular formula is C20H27ClO. The van der Waals surface area contributed by atoms with Crippen LogP contribution in [-0.2, 0) is 10.8 Å². The number of hydrogen-bond acceptors (Lipinski definition) is 1. The van der Waals surface area contributed by atoms with Gasteiger partial charge in [0.15, 0.2) is 0 Å². The zero-order valence-electron chi connectivity index (χ0n) is 14.8. The molecule has 2 heteroatoms. The molecule has 1 aliphatic carbocycles. The predicted molar refractivity (Wildman–Crippen MR) is 96.2 cm³/mol. The van der Waals surface area contributed by atoms with Crippen LogP contribution in [0.1, 0.15) is 59.1 Å². The molecule has 0 unspecified atom stereocenters. The van der Waals surface area contributed by atoms with Crippen LogP contribution in [0.15, 0.2) is 35.4 Å². The molecule has 1 aliphatic rings. The molecule has 0 fully saturated rings. The van der Waals surface area contributed by atoms with E-state index in [2.05, 4.69) is 59.8 Å². The highest BCUT2D eigenvalue weighted by molar-refractivity contribution is 6.30. The Morgan fingerprint density at radius 1 is 1.00 bits per heavy atom. The average molecular weight is 319 g/mol. The number of hydrogen-bond donors (Lipinski definition) is 0. The fourth-order valence-electron chi connectivity index (χ4n) is 3.10. The summed E-state index contributed by atoms with van der Waals surface area (Å²) in [5.74, 6) is 0.965. The minimum atomic E-state index is -0.107. The molecule has 0 aliphatic heterocycles. The van der Waals surface area contributed by atoms with E-state index in [-0.39, 0.29) is 10.8 Å². The Hall–Kier alpha value is -1.21. The van der Waals surface area contributed by atoms with Crippen molar-refractivity contribution in [3.8, 4) is 5.75 Å². The fraction of sp³-hybridized carbons (Fsp3) is 0.500. The molecule has 0 aromatic heterocycles. The van der Waals surface area contributed by atoms with E-state index in [0.717, 1.165) is 22.8 Å². The normalized spacial score (nSPS) is 15.6. The smallest absolute Gasteiger partial charge is 0.126 e. The standard InChI is InChI=1S/C20H27ClO/c1-13-8-9-14(10-13)20(5,6)17-12-15(21)11-16(18(17)22-7)19(2,3)4/h8-9,11-12H,10H2,1-7H3. The van der Waals surface area contributed by atoms with Crippen molar-refractivity contribution in [1.29, 1.82) is 0 Å². The van der Waals surface area contributed by atoms with Crippen LogP contribution < -0.4 is 4.74 Å². The molecule has 0 atom stereocenters.